The Bertz CT molecular complexity index is 787. The number of benzene rings is 1. The molecule has 6 heteroatoms. The third kappa shape index (κ3) is 4.03. The van der Waals surface area contributed by atoms with Crippen molar-refractivity contribution in [2.24, 2.45) is 23.5 Å². The second-order valence-corrected chi connectivity index (χ2v) is 9.73. The highest BCUT2D eigenvalue weighted by Crippen LogP contribution is 2.53. The molecular weight excluding hydrogens is 400 g/mol. The lowest BCUT2D eigenvalue weighted by Gasteiger charge is -2.45. The van der Waals surface area contributed by atoms with Gasteiger partial charge in [0.15, 0.2) is 0 Å². The number of hydrogen-bond acceptors (Lipinski definition) is 4. The predicted octanol–water partition coefficient (Wildman–Crippen LogP) is 3.96. The van der Waals surface area contributed by atoms with Gasteiger partial charge in [-0.25, -0.2) is 0 Å². The first-order chi connectivity index (χ1) is 14.0. The van der Waals surface area contributed by atoms with Crippen molar-refractivity contribution in [3.63, 3.8) is 0 Å². The summed E-state index contributed by atoms with van der Waals surface area (Å²) < 4.78 is 11.9. The van der Waals surface area contributed by atoms with E-state index < -0.39 is 0 Å². The summed E-state index contributed by atoms with van der Waals surface area (Å²) in [6.07, 6.45) is 7.86. The molecule has 0 radical (unpaired) electrons. The van der Waals surface area contributed by atoms with Crippen LogP contribution in [-0.4, -0.2) is 30.7 Å². The van der Waals surface area contributed by atoms with Crippen LogP contribution in [0.5, 0.6) is 11.5 Å². The fraction of sp³-hybridized carbons (Fsp3) is 0.708. The van der Waals surface area contributed by atoms with Crippen LogP contribution in [0.15, 0.2) is 12.1 Å². The fourth-order valence-corrected chi connectivity index (χ4v) is 6.15. The molecule has 5 atom stereocenters. The molecule has 1 amide bonds. The maximum atomic E-state index is 13.1. The van der Waals surface area contributed by atoms with Crippen molar-refractivity contribution < 1.29 is 14.3 Å². The monoisotopic (exact) mass is 434 g/mol. The number of ether oxygens (including phenoxy) is 2. The molecule has 5 rings (SSSR count). The number of hydrogen-bond donors (Lipinski definition) is 2. The molecule has 3 saturated carbocycles. The van der Waals surface area contributed by atoms with Crippen LogP contribution in [0, 0.1) is 17.8 Å². The summed E-state index contributed by atoms with van der Waals surface area (Å²) in [6.45, 7) is 4.75. The molecule has 3 fully saturated rings. The number of amides is 1. The van der Waals surface area contributed by atoms with Crippen molar-refractivity contribution >= 4 is 18.3 Å². The highest BCUT2D eigenvalue weighted by molar-refractivity contribution is 5.85. The number of rotatable bonds is 5. The van der Waals surface area contributed by atoms with Crippen molar-refractivity contribution in [1.29, 1.82) is 0 Å². The third-order valence-corrected chi connectivity index (χ3v) is 7.54. The first-order valence-electron chi connectivity index (χ1n) is 11.6. The first-order valence-corrected chi connectivity index (χ1v) is 11.6. The largest absolute Gasteiger partial charge is 0.494 e. The van der Waals surface area contributed by atoms with E-state index in [4.69, 9.17) is 15.2 Å². The first kappa shape index (κ1) is 21.8. The SMILES string of the molecule is CCOc1cc2c(cc1C1CC1C(=O)NC1C3CCCC1CC(N)C3)OC(C)C2.Cl. The van der Waals surface area contributed by atoms with Crippen molar-refractivity contribution in [2.75, 3.05) is 6.61 Å². The second-order valence-electron chi connectivity index (χ2n) is 9.73. The molecule has 4 aliphatic rings. The van der Waals surface area contributed by atoms with E-state index in [0.29, 0.717) is 30.5 Å². The summed E-state index contributed by atoms with van der Waals surface area (Å²) in [5.41, 5.74) is 8.61. The Hall–Kier alpha value is -1.46. The van der Waals surface area contributed by atoms with E-state index in [2.05, 4.69) is 24.4 Å². The molecule has 1 aliphatic heterocycles. The summed E-state index contributed by atoms with van der Waals surface area (Å²) in [4.78, 5) is 13.1. The van der Waals surface area contributed by atoms with Crippen LogP contribution in [0.4, 0.5) is 0 Å². The van der Waals surface area contributed by atoms with Gasteiger partial charge >= 0.3 is 0 Å². The molecule has 5 unspecified atom stereocenters. The third-order valence-electron chi connectivity index (χ3n) is 7.54. The topological polar surface area (TPSA) is 73.6 Å². The molecule has 3 aliphatic carbocycles. The standard InChI is InChI=1S/C24H34N2O3.ClH/c1-3-28-22-10-16-7-13(2)29-21(16)12-19(22)18-11-20(18)24(27)26-23-14-5-4-6-15(23)9-17(25)8-14;/h10,12-15,17-18,20,23H,3-9,11,25H2,1-2H3,(H,26,27);1H. The summed E-state index contributed by atoms with van der Waals surface area (Å²) in [5.74, 6) is 3.56. The minimum Gasteiger partial charge on any atom is -0.494 e. The van der Waals surface area contributed by atoms with E-state index in [-0.39, 0.29) is 36.3 Å². The quantitative estimate of drug-likeness (QED) is 0.735. The smallest absolute Gasteiger partial charge is 0.223 e. The van der Waals surface area contributed by atoms with Gasteiger partial charge < -0.3 is 20.5 Å². The van der Waals surface area contributed by atoms with E-state index in [1.54, 1.807) is 0 Å². The summed E-state index contributed by atoms with van der Waals surface area (Å²) in [6, 6.07) is 4.91. The molecule has 1 heterocycles. The number of halogens is 1. The maximum Gasteiger partial charge on any atom is 0.223 e. The molecule has 0 saturated heterocycles. The normalized spacial score (nSPS) is 36.2. The summed E-state index contributed by atoms with van der Waals surface area (Å²) >= 11 is 0. The zero-order chi connectivity index (χ0) is 20.1. The van der Waals surface area contributed by atoms with Crippen LogP contribution in [0.3, 0.4) is 0 Å². The zero-order valence-electron chi connectivity index (χ0n) is 18.1. The van der Waals surface area contributed by atoms with Crippen LogP contribution in [-0.2, 0) is 11.2 Å². The Morgan fingerprint density at radius 3 is 2.67 bits per heavy atom. The van der Waals surface area contributed by atoms with Crippen LogP contribution in [0.1, 0.15) is 69.4 Å². The predicted molar refractivity (Wildman–Crippen MR) is 119 cm³/mol. The van der Waals surface area contributed by atoms with E-state index in [9.17, 15) is 4.79 Å². The van der Waals surface area contributed by atoms with Crippen molar-refractivity contribution in [1.82, 2.24) is 5.32 Å². The lowest BCUT2D eigenvalue weighted by molar-refractivity contribution is -0.124. The molecule has 5 nitrogen and oxygen atoms in total. The average molecular weight is 435 g/mol. The van der Waals surface area contributed by atoms with Gasteiger partial charge in [0.25, 0.3) is 0 Å². The van der Waals surface area contributed by atoms with Gasteiger partial charge in [-0.2, -0.15) is 0 Å². The molecular formula is C24H35ClN2O3. The van der Waals surface area contributed by atoms with Gasteiger partial charge in [-0.15, -0.1) is 12.4 Å². The molecule has 0 spiro atoms. The number of carbonyl (C=O) groups excluding carboxylic acids is 1. The minimum absolute atomic E-state index is 0. The molecule has 166 valence electrons. The average Bonchev–Trinajstić information content (AvgIpc) is 3.37. The Labute approximate surface area is 185 Å². The van der Waals surface area contributed by atoms with Gasteiger partial charge in [0.1, 0.15) is 17.6 Å². The number of nitrogens with one attached hydrogen (secondary N) is 1. The summed E-state index contributed by atoms with van der Waals surface area (Å²) in [5, 5.41) is 3.45. The van der Waals surface area contributed by atoms with Crippen LogP contribution >= 0.6 is 12.4 Å². The Morgan fingerprint density at radius 2 is 1.97 bits per heavy atom. The Morgan fingerprint density at radius 1 is 1.23 bits per heavy atom. The van der Waals surface area contributed by atoms with Gasteiger partial charge in [-0.1, -0.05) is 6.42 Å². The van der Waals surface area contributed by atoms with E-state index in [0.717, 1.165) is 42.7 Å². The van der Waals surface area contributed by atoms with Gasteiger partial charge in [0, 0.05) is 41.5 Å². The van der Waals surface area contributed by atoms with Crippen LogP contribution in [0.2, 0.25) is 0 Å². The van der Waals surface area contributed by atoms with E-state index >= 15 is 0 Å². The van der Waals surface area contributed by atoms with Gasteiger partial charge in [-0.05, 0) is 69.9 Å². The van der Waals surface area contributed by atoms with Crippen molar-refractivity contribution in [3.8, 4) is 11.5 Å². The lowest BCUT2D eigenvalue weighted by Crippen LogP contribution is -2.54. The van der Waals surface area contributed by atoms with Gasteiger partial charge in [0.2, 0.25) is 5.91 Å². The van der Waals surface area contributed by atoms with Gasteiger partial charge in [-0.3, -0.25) is 4.79 Å². The fourth-order valence-electron chi connectivity index (χ4n) is 6.15. The molecule has 0 aromatic heterocycles. The van der Waals surface area contributed by atoms with E-state index in [1.165, 1.54) is 24.8 Å². The van der Waals surface area contributed by atoms with Gasteiger partial charge in [0.05, 0.1) is 6.61 Å². The lowest BCUT2D eigenvalue weighted by atomic mass is 9.67. The Balaban J connectivity index is 0.00000218. The minimum atomic E-state index is 0. The van der Waals surface area contributed by atoms with Crippen molar-refractivity contribution in [2.45, 2.75) is 82.9 Å². The molecule has 1 aromatic carbocycles. The zero-order valence-corrected chi connectivity index (χ0v) is 18.9. The Kier molecular flexibility index (Phi) is 6.23. The second kappa shape index (κ2) is 8.58. The van der Waals surface area contributed by atoms with Crippen molar-refractivity contribution in [3.05, 3.63) is 23.3 Å². The molecule has 30 heavy (non-hydrogen) atoms. The number of fused-ring (bicyclic) bond motifs is 3. The maximum absolute atomic E-state index is 13.1. The highest BCUT2D eigenvalue weighted by atomic mass is 35.5. The molecule has 2 bridgehead atoms. The van der Waals surface area contributed by atoms with Crippen LogP contribution < -0.4 is 20.5 Å². The highest BCUT2D eigenvalue weighted by Gasteiger charge is 2.48. The molecule has 3 N–H and O–H groups in total. The number of nitrogens with two attached hydrogens (primary N) is 1. The van der Waals surface area contributed by atoms with Crippen LogP contribution in [0.25, 0.3) is 0 Å². The van der Waals surface area contributed by atoms with E-state index in [1.807, 2.05) is 6.92 Å². The summed E-state index contributed by atoms with van der Waals surface area (Å²) in [7, 11) is 0. The molecule has 1 aromatic rings. The number of carbonyl (C=O) groups is 1.